The minimum absolute atomic E-state index is 0.0685. The second-order valence-corrected chi connectivity index (χ2v) is 13.5. The van der Waals surface area contributed by atoms with E-state index in [2.05, 4.69) is 5.32 Å². The Bertz CT molecular complexity index is 1710. The third kappa shape index (κ3) is 8.81. The van der Waals surface area contributed by atoms with Gasteiger partial charge in [-0.1, -0.05) is 67.2 Å². The number of unbranched alkanes of at least 4 members (excludes halogenated alkanes) is 1. The number of methoxy groups -OCH3 is 1. The van der Waals surface area contributed by atoms with E-state index in [1.165, 1.54) is 55.3 Å². The molecule has 0 saturated carbocycles. The van der Waals surface area contributed by atoms with E-state index in [1.54, 1.807) is 19.1 Å². The fourth-order valence-electron chi connectivity index (χ4n) is 4.70. The Kier molecular flexibility index (Phi) is 13.1. The first kappa shape index (κ1) is 36.9. The van der Waals surface area contributed by atoms with Gasteiger partial charge in [0.05, 0.1) is 22.6 Å². The van der Waals surface area contributed by atoms with Crippen LogP contribution in [0.5, 0.6) is 5.75 Å². The van der Waals surface area contributed by atoms with Crippen LogP contribution in [-0.4, -0.2) is 56.3 Å². The van der Waals surface area contributed by atoms with Crippen LogP contribution in [0.2, 0.25) is 15.1 Å². The van der Waals surface area contributed by atoms with Crippen molar-refractivity contribution in [2.75, 3.05) is 24.5 Å². The number of nitro benzene ring substituents is 1. The number of ether oxygens (including phenoxy) is 1. The maximum atomic E-state index is 14.3. The molecule has 0 aliphatic carbocycles. The average molecular weight is 714 g/mol. The highest BCUT2D eigenvalue weighted by molar-refractivity contribution is 7.92. The predicted molar refractivity (Wildman–Crippen MR) is 179 cm³/mol. The van der Waals surface area contributed by atoms with E-state index in [-0.39, 0.29) is 40.0 Å². The number of nitrogens with zero attached hydrogens (tertiary/aromatic N) is 3. The number of carbonyl (C=O) groups excluding carboxylic acids is 2. The lowest BCUT2D eigenvalue weighted by atomic mass is 10.1. The van der Waals surface area contributed by atoms with Crippen LogP contribution in [0.3, 0.4) is 0 Å². The monoisotopic (exact) mass is 712 g/mol. The maximum absolute atomic E-state index is 14.3. The largest absolute Gasteiger partial charge is 0.495 e. The highest BCUT2D eigenvalue weighted by Gasteiger charge is 2.36. The molecule has 0 spiro atoms. The van der Waals surface area contributed by atoms with Gasteiger partial charge < -0.3 is 15.0 Å². The zero-order valence-electron chi connectivity index (χ0n) is 25.8. The Labute approximate surface area is 283 Å². The third-order valence-electron chi connectivity index (χ3n) is 7.23. The highest BCUT2D eigenvalue weighted by atomic mass is 35.5. The lowest BCUT2D eigenvalue weighted by Crippen LogP contribution is -2.52. The fourth-order valence-corrected chi connectivity index (χ4v) is 6.78. The molecule has 0 fully saturated rings. The van der Waals surface area contributed by atoms with Gasteiger partial charge in [-0.3, -0.25) is 24.0 Å². The van der Waals surface area contributed by atoms with Gasteiger partial charge in [-0.25, -0.2) is 8.42 Å². The number of aryl methyl sites for hydroxylation is 1. The Balaban J connectivity index is 2.19. The predicted octanol–water partition coefficient (Wildman–Crippen LogP) is 6.79. The number of hydrogen-bond donors (Lipinski definition) is 1. The standard InChI is InChI=1S/C31H35Cl3N4O7S/c1-5-7-14-35-31(40)26(6-2)36(18-21-9-10-22(32)15-25(21)34)30(39)19-37(28-16-23(33)11-13-29(28)45-4)46(43,44)24-12-8-20(3)27(17-24)38(41)42/h8-13,15-17,26H,5-7,14,18-19H2,1-4H3,(H,35,40)/t26-/m0/s1. The molecule has 3 rings (SSSR count). The van der Waals surface area contributed by atoms with Crippen LogP contribution < -0.4 is 14.4 Å². The van der Waals surface area contributed by atoms with Crippen molar-refractivity contribution in [1.29, 1.82) is 0 Å². The summed E-state index contributed by atoms with van der Waals surface area (Å²) in [4.78, 5) is 39.5. The summed E-state index contributed by atoms with van der Waals surface area (Å²) >= 11 is 18.8. The molecule has 46 heavy (non-hydrogen) atoms. The first-order valence-electron chi connectivity index (χ1n) is 14.4. The van der Waals surface area contributed by atoms with Crippen molar-refractivity contribution in [1.82, 2.24) is 10.2 Å². The van der Waals surface area contributed by atoms with Crippen LogP contribution in [0.1, 0.15) is 44.2 Å². The van der Waals surface area contributed by atoms with Gasteiger partial charge in [0.15, 0.2) is 0 Å². The van der Waals surface area contributed by atoms with E-state index in [9.17, 15) is 28.1 Å². The molecule has 0 aliphatic heterocycles. The lowest BCUT2D eigenvalue weighted by Gasteiger charge is -2.33. The topological polar surface area (TPSA) is 139 Å². The number of anilines is 1. The molecule has 15 heteroatoms. The van der Waals surface area contributed by atoms with Crippen molar-refractivity contribution in [3.63, 3.8) is 0 Å². The van der Waals surface area contributed by atoms with Crippen LogP contribution in [0, 0.1) is 17.0 Å². The quantitative estimate of drug-likeness (QED) is 0.104. The zero-order chi connectivity index (χ0) is 34.2. The summed E-state index contributed by atoms with van der Waals surface area (Å²) in [5, 5.41) is 15.3. The van der Waals surface area contributed by atoms with E-state index < -0.39 is 49.9 Å². The summed E-state index contributed by atoms with van der Waals surface area (Å²) in [6, 6.07) is 11.4. The molecular formula is C31H35Cl3N4O7S. The van der Waals surface area contributed by atoms with Crippen molar-refractivity contribution in [2.45, 2.75) is 57.5 Å². The summed E-state index contributed by atoms with van der Waals surface area (Å²) in [5.41, 5.74) is 0.219. The van der Waals surface area contributed by atoms with E-state index in [0.717, 1.165) is 23.2 Å². The summed E-state index contributed by atoms with van der Waals surface area (Å²) < 4.78 is 34.7. The summed E-state index contributed by atoms with van der Waals surface area (Å²) in [6.07, 6.45) is 1.76. The van der Waals surface area contributed by atoms with Crippen LogP contribution in [0.4, 0.5) is 11.4 Å². The van der Waals surface area contributed by atoms with E-state index in [4.69, 9.17) is 39.5 Å². The molecule has 0 aliphatic rings. The number of sulfonamides is 1. The van der Waals surface area contributed by atoms with Gasteiger partial charge in [0, 0.05) is 39.8 Å². The molecule has 11 nitrogen and oxygen atoms in total. The minimum atomic E-state index is -4.66. The van der Waals surface area contributed by atoms with Crippen molar-refractivity contribution in [2.24, 2.45) is 0 Å². The molecule has 0 bridgehead atoms. The molecule has 1 N–H and O–H groups in total. The number of rotatable bonds is 15. The second-order valence-electron chi connectivity index (χ2n) is 10.4. The lowest BCUT2D eigenvalue weighted by molar-refractivity contribution is -0.385. The average Bonchev–Trinajstić information content (AvgIpc) is 3.00. The molecule has 0 radical (unpaired) electrons. The number of nitrogens with one attached hydrogen (secondary N) is 1. The van der Waals surface area contributed by atoms with Crippen molar-refractivity contribution < 1.29 is 27.7 Å². The molecule has 0 saturated heterocycles. The molecule has 0 heterocycles. The SMILES string of the molecule is CCCCNC(=O)[C@H](CC)N(Cc1ccc(Cl)cc1Cl)C(=O)CN(c1cc(Cl)ccc1OC)S(=O)(=O)c1ccc(C)c([N+](=O)[O-])c1. The smallest absolute Gasteiger partial charge is 0.273 e. The minimum Gasteiger partial charge on any atom is -0.495 e. The van der Waals surface area contributed by atoms with Crippen molar-refractivity contribution >= 4 is 68.0 Å². The maximum Gasteiger partial charge on any atom is 0.273 e. The van der Waals surface area contributed by atoms with Gasteiger partial charge >= 0.3 is 0 Å². The number of carbonyl (C=O) groups is 2. The molecule has 1 atom stereocenters. The number of amides is 2. The molecule has 3 aromatic rings. The molecule has 0 unspecified atom stereocenters. The first-order valence-corrected chi connectivity index (χ1v) is 16.9. The van der Waals surface area contributed by atoms with Gasteiger partial charge in [0.25, 0.3) is 15.7 Å². The third-order valence-corrected chi connectivity index (χ3v) is 9.80. The van der Waals surface area contributed by atoms with Crippen LogP contribution in [0.25, 0.3) is 0 Å². The van der Waals surface area contributed by atoms with Gasteiger partial charge in [-0.2, -0.15) is 0 Å². The van der Waals surface area contributed by atoms with Gasteiger partial charge in [0.2, 0.25) is 11.8 Å². The Morgan fingerprint density at radius 1 is 1.02 bits per heavy atom. The van der Waals surface area contributed by atoms with Crippen LogP contribution in [-0.2, 0) is 26.2 Å². The number of halogens is 3. The second kappa shape index (κ2) is 16.3. The number of nitro groups is 1. The van der Waals surface area contributed by atoms with Gasteiger partial charge in [0.1, 0.15) is 18.3 Å². The number of hydrogen-bond acceptors (Lipinski definition) is 7. The highest BCUT2D eigenvalue weighted by Crippen LogP contribution is 2.36. The van der Waals surface area contributed by atoms with E-state index in [1.807, 2.05) is 6.92 Å². The number of benzene rings is 3. The molecule has 3 aromatic carbocycles. The summed E-state index contributed by atoms with van der Waals surface area (Å²) in [7, 11) is -3.34. The van der Waals surface area contributed by atoms with E-state index >= 15 is 0 Å². The molecular weight excluding hydrogens is 679 g/mol. The summed E-state index contributed by atoms with van der Waals surface area (Å²) in [6.45, 7) is 4.61. The fraction of sp³-hybridized carbons (Fsp3) is 0.355. The van der Waals surface area contributed by atoms with Crippen LogP contribution in [0.15, 0.2) is 59.5 Å². The molecule has 248 valence electrons. The Hall–Kier alpha value is -3.58. The zero-order valence-corrected chi connectivity index (χ0v) is 28.8. The van der Waals surface area contributed by atoms with E-state index in [0.29, 0.717) is 17.1 Å². The van der Waals surface area contributed by atoms with Crippen LogP contribution >= 0.6 is 34.8 Å². The van der Waals surface area contributed by atoms with Gasteiger partial charge in [-0.15, -0.1) is 0 Å². The normalized spacial score (nSPS) is 11.9. The Morgan fingerprint density at radius 2 is 1.70 bits per heavy atom. The summed E-state index contributed by atoms with van der Waals surface area (Å²) in [5.74, 6) is -1.10. The van der Waals surface area contributed by atoms with Gasteiger partial charge in [-0.05, 0) is 61.7 Å². The first-order chi connectivity index (χ1) is 21.7. The Morgan fingerprint density at radius 3 is 2.30 bits per heavy atom. The molecule has 2 amide bonds. The molecule has 0 aromatic heterocycles. The van der Waals surface area contributed by atoms with Crippen molar-refractivity contribution in [3.05, 3.63) is 90.9 Å². The van der Waals surface area contributed by atoms with Crippen molar-refractivity contribution in [3.8, 4) is 5.75 Å².